The van der Waals surface area contributed by atoms with Crippen LogP contribution in [0.3, 0.4) is 0 Å². The Labute approximate surface area is 136 Å². The molecule has 0 saturated carbocycles. The van der Waals surface area contributed by atoms with Gasteiger partial charge in [0.05, 0.1) is 0 Å². The molecule has 1 atom stereocenters. The third-order valence-corrected chi connectivity index (χ3v) is 5.14. The van der Waals surface area contributed by atoms with Gasteiger partial charge in [0.2, 0.25) is 0 Å². The van der Waals surface area contributed by atoms with Gasteiger partial charge in [0.1, 0.15) is 5.82 Å². The lowest BCUT2D eigenvalue weighted by atomic mass is 9.87. The molecule has 118 valence electrons. The van der Waals surface area contributed by atoms with Crippen LogP contribution in [0, 0.1) is 11.7 Å². The normalized spacial score (nSPS) is 17.4. The van der Waals surface area contributed by atoms with E-state index in [9.17, 15) is 4.39 Å². The van der Waals surface area contributed by atoms with Gasteiger partial charge in [-0.3, -0.25) is 0 Å². The Morgan fingerprint density at radius 2 is 1.96 bits per heavy atom. The number of halogens is 1. The molecule has 0 bridgehead atoms. The maximum absolute atomic E-state index is 13.8. The maximum Gasteiger partial charge on any atom is 0.123 e. The van der Waals surface area contributed by atoms with Crippen LogP contribution in [-0.2, 0) is 25.8 Å². The van der Waals surface area contributed by atoms with Crippen molar-refractivity contribution < 1.29 is 4.39 Å². The zero-order chi connectivity index (χ0) is 15.8. The molecule has 1 aliphatic rings. The van der Waals surface area contributed by atoms with Gasteiger partial charge in [-0.05, 0) is 60.9 Å². The number of hydrogen-bond acceptors (Lipinski definition) is 0. The van der Waals surface area contributed by atoms with E-state index in [-0.39, 0.29) is 5.82 Å². The summed E-state index contributed by atoms with van der Waals surface area (Å²) in [6, 6.07) is 15.9. The molecular formula is C21H22FN. The lowest BCUT2D eigenvalue weighted by Gasteiger charge is -2.21. The second-order valence-corrected chi connectivity index (χ2v) is 6.82. The molecule has 1 aromatic heterocycles. The highest BCUT2D eigenvalue weighted by Gasteiger charge is 2.23. The molecule has 1 unspecified atom stereocenters. The number of fused-ring (bicyclic) bond motifs is 3. The zero-order valence-electron chi connectivity index (χ0n) is 13.6. The van der Waals surface area contributed by atoms with E-state index in [0.717, 1.165) is 31.2 Å². The molecule has 0 amide bonds. The van der Waals surface area contributed by atoms with Crippen molar-refractivity contribution in [1.29, 1.82) is 0 Å². The summed E-state index contributed by atoms with van der Waals surface area (Å²) < 4.78 is 16.2. The largest absolute Gasteiger partial charge is 0.344 e. The summed E-state index contributed by atoms with van der Waals surface area (Å²) in [5, 5.41) is 1.12. The quantitative estimate of drug-likeness (QED) is 0.631. The smallest absolute Gasteiger partial charge is 0.123 e. The summed E-state index contributed by atoms with van der Waals surface area (Å²) in [7, 11) is 0. The van der Waals surface area contributed by atoms with Crippen molar-refractivity contribution in [2.24, 2.45) is 5.92 Å². The lowest BCUT2D eigenvalue weighted by molar-refractivity contribution is 0.485. The molecule has 0 aliphatic heterocycles. The number of rotatable bonds is 3. The minimum absolute atomic E-state index is 0.126. The molecular weight excluding hydrogens is 285 g/mol. The summed E-state index contributed by atoms with van der Waals surface area (Å²) in [5.74, 6) is 0.567. The van der Waals surface area contributed by atoms with Crippen molar-refractivity contribution in [3.05, 3.63) is 71.2 Å². The Morgan fingerprint density at radius 1 is 1.13 bits per heavy atom. The van der Waals surface area contributed by atoms with Crippen LogP contribution in [0.5, 0.6) is 0 Å². The molecule has 0 fully saturated rings. The average Bonchev–Trinajstić information content (AvgIpc) is 2.86. The topological polar surface area (TPSA) is 4.93 Å². The van der Waals surface area contributed by atoms with Crippen molar-refractivity contribution in [2.45, 2.75) is 39.2 Å². The molecule has 2 aromatic carbocycles. The summed E-state index contributed by atoms with van der Waals surface area (Å²) in [6.45, 7) is 3.27. The summed E-state index contributed by atoms with van der Waals surface area (Å²) in [5.41, 5.74) is 5.36. The van der Waals surface area contributed by atoms with Gasteiger partial charge in [0, 0.05) is 23.1 Å². The predicted octanol–water partition coefficient (Wildman–Crippen LogP) is 5.15. The van der Waals surface area contributed by atoms with Crippen molar-refractivity contribution in [3.8, 4) is 0 Å². The molecule has 4 rings (SSSR count). The monoisotopic (exact) mass is 307 g/mol. The average molecular weight is 307 g/mol. The van der Waals surface area contributed by atoms with Crippen LogP contribution in [0.2, 0.25) is 0 Å². The molecule has 0 radical (unpaired) electrons. The highest BCUT2D eigenvalue weighted by molar-refractivity contribution is 5.86. The highest BCUT2D eigenvalue weighted by atomic mass is 19.1. The first-order valence-corrected chi connectivity index (χ1v) is 8.56. The van der Waals surface area contributed by atoms with Crippen LogP contribution >= 0.6 is 0 Å². The van der Waals surface area contributed by atoms with Gasteiger partial charge in [0.15, 0.2) is 0 Å². The highest BCUT2D eigenvalue weighted by Crippen LogP contribution is 2.34. The second kappa shape index (κ2) is 5.84. The van der Waals surface area contributed by atoms with Gasteiger partial charge in [-0.15, -0.1) is 0 Å². The van der Waals surface area contributed by atoms with E-state index in [1.165, 1.54) is 28.8 Å². The van der Waals surface area contributed by atoms with E-state index in [2.05, 4.69) is 41.8 Å². The Morgan fingerprint density at radius 3 is 2.78 bits per heavy atom. The van der Waals surface area contributed by atoms with Gasteiger partial charge in [-0.25, -0.2) is 4.39 Å². The van der Waals surface area contributed by atoms with Gasteiger partial charge in [-0.1, -0.05) is 37.3 Å². The first-order valence-electron chi connectivity index (χ1n) is 8.56. The van der Waals surface area contributed by atoms with Crippen LogP contribution in [0.15, 0.2) is 48.5 Å². The molecule has 0 spiro atoms. The molecule has 0 N–H and O–H groups in total. The number of aromatic nitrogens is 1. The van der Waals surface area contributed by atoms with Crippen LogP contribution in [0.1, 0.15) is 30.2 Å². The second-order valence-electron chi connectivity index (χ2n) is 6.82. The van der Waals surface area contributed by atoms with Gasteiger partial charge in [0.25, 0.3) is 0 Å². The number of benzene rings is 2. The fourth-order valence-corrected chi connectivity index (χ4v) is 3.94. The first-order chi connectivity index (χ1) is 11.2. The van der Waals surface area contributed by atoms with Gasteiger partial charge >= 0.3 is 0 Å². The van der Waals surface area contributed by atoms with Crippen LogP contribution in [-0.4, -0.2) is 4.57 Å². The van der Waals surface area contributed by atoms with E-state index >= 15 is 0 Å². The maximum atomic E-state index is 13.8. The summed E-state index contributed by atoms with van der Waals surface area (Å²) in [6.07, 6.45) is 4.44. The summed E-state index contributed by atoms with van der Waals surface area (Å²) in [4.78, 5) is 0. The minimum Gasteiger partial charge on any atom is -0.344 e. The molecule has 1 nitrogen and oxygen atoms in total. The molecule has 1 heterocycles. The van der Waals surface area contributed by atoms with Crippen LogP contribution in [0.25, 0.3) is 10.9 Å². The Kier molecular flexibility index (Phi) is 3.68. The third-order valence-electron chi connectivity index (χ3n) is 5.14. The summed E-state index contributed by atoms with van der Waals surface area (Å²) >= 11 is 0. The van der Waals surface area contributed by atoms with Gasteiger partial charge in [-0.2, -0.15) is 0 Å². The van der Waals surface area contributed by atoms with Crippen molar-refractivity contribution in [2.75, 3.05) is 0 Å². The number of hydrogen-bond donors (Lipinski definition) is 0. The standard InChI is InChI=1S/C21H22FN/c1-15-7-9-20-18(13-15)19-14-17(22)8-10-21(19)23(20)12-11-16-5-3-2-4-6-16/h2-6,8,10,14-15H,7,9,11-13H2,1H3. The Hall–Kier alpha value is -2.09. The predicted molar refractivity (Wildman–Crippen MR) is 93.2 cm³/mol. The van der Waals surface area contributed by atoms with Crippen molar-refractivity contribution in [3.63, 3.8) is 0 Å². The SMILES string of the molecule is CC1CCc2c(c3cc(F)ccc3n2CCc2ccccc2)C1. The third kappa shape index (κ3) is 2.67. The van der Waals surface area contributed by atoms with E-state index in [4.69, 9.17) is 0 Å². The molecule has 2 heteroatoms. The van der Waals surface area contributed by atoms with E-state index < -0.39 is 0 Å². The van der Waals surface area contributed by atoms with Crippen LogP contribution < -0.4 is 0 Å². The molecule has 0 saturated heterocycles. The molecule has 3 aromatic rings. The van der Waals surface area contributed by atoms with E-state index in [0.29, 0.717) is 5.92 Å². The van der Waals surface area contributed by atoms with E-state index in [1.807, 2.05) is 6.07 Å². The minimum atomic E-state index is -0.126. The number of nitrogens with zero attached hydrogens (tertiary/aromatic N) is 1. The zero-order valence-corrected chi connectivity index (χ0v) is 13.6. The Balaban J connectivity index is 1.76. The fourth-order valence-electron chi connectivity index (χ4n) is 3.94. The van der Waals surface area contributed by atoms with Crippen molar-refractivity contribution >= 4 is 10.9 Å². The molecule has 1 aliphatic carbocycles. The Bertz CT molecular complexity index is 832. The van der Waals surface area contributed by atoms with Gasteiger partial charge < -0.3 is 4.57 Å². The van der Waals surface area contributed by atoms with Crippen LogP contribution in [0.4, 0.5) is 4.39 Å². The number of aryl methyl sites for hydroxylation is 2. The first kappa shape index (κ1) is 14.5. The van der Waals surface area contributed by atoms with Crippen molar-refractivity contribution in [1.82, 2.24) is 4.57 Å². The van der Waals surface area contributed by atoms with E-state index in [1.54, 1.807) is 12.1 Å². The fraction of sp³-hybridized carbons (Fsp3) is 0.333. The molecule has 23 heavy (non-hydrogen) atoms. The lowest BCUT2D eigenvalue weighted by Crippen LogP contribution is -2.14.